The minimum atomic E-state index is -0.0424. The zero-order chi connectivity index (χ0) is 15.4. The summed E-state index contributed by atoms with van der Waals surface area (Å²) in [6, 6.07) is 15.2. The molecule has 0 spiro atoms. The molecule has 0 radical (unpaired) electrons. The van der Waals surface area contributed by atoms with E-state index in [9.17, 15) is 4.79 Å². The molecule has 0 fully saturated rings. The number of hydrogen-bond acceptors (Lipinski definition) is 2. The van der Waals surface area contributed by atoms with E-state index in [1.165, 1.54) is 0 Å². The Labute approximate surface area is 135 Å². The van der Waals surface area contributed by atoms with Gasteiger partial charge in [-0.2, -0.15) is 0 Å². The lowest BCUT2D eigenvalue weighted by atomic mass is 9.96. The van der Waals surface area contributed by atoms with Gasteiger partial charge in [-0.15, -0.1) is 0 Å². The number of aliphatic imine (C=N–C) groups is 1. The smallest absolute Gasteiger partial charge is 0.251 e. The van der Waals surface area contributed by atoms with E-state index >= 15 is 0 Å². The van der Waals surface area contributed by atoms with E-state index in [0.29, 0.717) is 17.1 Å². The predicted molar refractivity (Wildman–Crippen MR) is 90.0 cm³/mol. The van der Waals surface area contributed by atoms with Crippen molar-refractivity contribution in [3.05, 3.63) is 70.2 Å². The van der Waals surface area contributed by atoms with Crippen LogP contribution in [-0.2, 0) is 0 Å². The summed E-state index contributed by atoms with van der Waals surface area (Å²) in [5.41, 5.74) is 3.36. The number of benzene rings is 2. The standard InChI is InChI=1S/C18H17ClN2O/c19-14-9-7-13(8-10-14)17-15-5-1-2-6-16(15)18(22)21-12-4-3-11-20-17/h1-2,5-10H,3-4,11-12H2,(H,21,22). The van der Waals surface area contributed by atoms with Crippen LogP contribution in [0.15, 0.2) is 53.5 Å². The van der Waals surface area contributed by atoms with Crippen molar-refractivity contribution in [3.8, 4) is 0 Å². The summed E-state index contributed by atoms with van der Waals surface area (Å²) in [5, 5.41) is 3.66. The fourth-order valence-electron chi connectivity index (χ4n) is 2.55. The molecule has 112 valence electrons. The summed E-state index contributed by atoms with van der Waals surface area (Å²) < 4.78 is 0. The van der Waals surface area contributed by atoms with Crippen LogP contribution in [0.2, 0.25) is 5.02 Å². The zero-order valence-electron chi connectivity index (χ0n) is 12.2. The molecule has 0 unspecified atom stereocenters. The molecule has 1 aliphatic heterocycles. The number of nitrogens with zero attached hydrogens (tertiary/aromatic N) is 1. The predicted octanol–water partition coefficient (Wildman–Crippen LogP) is 3.70. The Balaban J connectivity index is 2.12. The van der Waals surface area contributed by atoms with Gasteiger partial charge in [-0.25, -0.2) is 0 Å². The van der Waals surface area contributed by atoms with Gasteiger partial charge in [-0.3, -0.25) is 9.79 Å². The van der Waals surface area contributed by atoms with Crippen LogP contribution in [0.5, 0.6) is 0 Å². The first-order chi connectivity index (χ1) is 10.8. The summed E-state index contributed by atoms with van der Waals surface area (Å²) in [4.78, 5) is 17.1. The Bertz CT molecular complexity index is 707. The first-order valence-electron chi connectivity index (χ1n) is 7.44. The molecule has 0 aliphatic carbocycles. The molecule has 3 nitrogen and oxygen atoms in total. The van der Waals surface area contributed by atoms with E-state index in [-0.39, 0.29) is 5.91 Å². The number of rotatable bonds is 1. The Morgan fingerprint density at radius 3 is 2.45 bits per heavy atom. The summed E-state index contributed by atoms with van der Waals surface area (Å²) >= 11 is 5.98. The molecule has 0 saturated heterocycles. The van der Waals surface area contributed by atoms with E-state index in [0.717, 1.165) is 36.2 Å². The van der Waals surface area contributed by atoms with Gasteiger partial charge in [0.25, 0.3) is 5.91 Å². The van der Waals surface area contributed by atoms with Crippen molar-refractivity contribution < 1.29 is 4.79 Å². The lowest BCUT2D eigenvalue weighted by molar-refractivity contribution is 0.0953. The second-order valence-corrected chi connectivity index (χ2v) is 5.68. The van der Waals surface area contributed by atoms with Crippen molar-refractivity contribution in [1.29, 1.82) is 0 Å². The number of amides is 1. The normalized spacial score (nSPS) is 15.5. The van der Waals surface area contributed by atoms with Crippen molar-refractivity contribution >= 4 is 23.2 Å². The van der Waals surface area contributed by atoms with Gasteiger partial charge >= 0.3 is 0 Å². The van der Waals surface area contributed by atoms with Gasteiger partial charge < -0.3 is 5.32 Å². The first kappa shape index (κ1) is 14.8. The van der Waals surface area contributed by atoms with Gasteiger partial charge in [0.2, 0.25) is 0 Å². The maximum atomic E-state index is 12.4. The highest BCUT2D eigenvalue weighted by molar-refractivity contribution is 6.30. The molecule has 1 N–H and O–H groups in total. The molecule has 0 aromatic heterocycles. The van der Waals surface area contributed by atoms with Crippen LogP contribution in [0.1, 0.15) is 34.3 Å². The molecule has 2 aromatic carbocycles. The molecule has 1 aliphatic rings. The van der Waals surface area contributed by atoms with Crippen LogP contribution in [0.3, 0.4) is 0 Å². The van der Waals surface area contributed by atoms with Crippen molar-refractivity contribution in [2.24, 2.45) is 4.99 Å². The maximum absolute atomic E-state index is 12.4. The first-order valence-corrected chi connectivity index (χ1v) is 7.81. The molecule has 22 heavy (non-hydrogen) atoms. The number of halogens is 1. The average molecular weight is 313 g/mol. The fraction of sp³-hybridized carbons (Fsp3) is 0.222. The van der Waals surface area contributed by atoms with Gasteiger partial charge in [0.05, 0.1) is 5.71 Å². The van der Waals surface area contributed by atoms with E-state index in [2.05, 4.69) is 5.32 Å². The molecule has 1 amide bonds. The summed E-state index contributed by atoms with van der Waals surface area (Å²) in [7, 11) is 0. The van der Waals surface area contributed by atoms with Crippen molar-refractivity contribution in [2.75, 3.05) is 13.1 Å². The van der Waals surface area contributed by atoms with Crippen molar-refractivity contribution in [3.63, 3.8) is 0 Å². The number of carbonyl (C=O) groups is 1. The fourth-order valence-corrected chi connectivity index (χ4v) is 2.68. The summed E-state index contributed by atoms with van der Waals surface area (Å²) in [5.74, 6) is -0.0424. The second-order valence-electron chi connectivity index (χ2n) is 5.25. The molecule has 2 aromatic rings. The number of fused-ring (bicyclic) bond motifs is 1. The minimum absolute atomic E-state index is 0.0424. The molecule has 3 rings (SSSR count). The number of nitrogens with one attached hydrogen (secondary N) is 1. The van der Waals surface area contributed by atoms with Crippen LogP contribution in [0, 0.1) is 0 Å². The quantitative estimate of drug-likeness (QED) is 0.857. The van der Waals surface area contributed by atoms with E-state index in [1.54, 1.807) is 0 Å². The third-order valence-corrected chi connectivity index (χ3v) is 3.94. The van der Waals surface area contributed by atoms with Crippen LogP contribution >= 0.6 is 11.6 Å². The Hall–Kier alpha value is -2.13. The van der Waals surface area contributed by atoms with Gasteiger partial charge in [-0.05, 0) is 31.0 Å². The molecule has 4 heteroatoms. The lowest BCUT2D eigenvalue weighted by Crippen LogP contribution is -2.27. The molecule has 0 saturated carbocycles. The van der Waals surface area contributed by atoms with Gasteiger partial charge in [0, 0.05) is 34.8 Å². The molecule has 0 bridgehead atoms. The van der Waals surface area contributed by atoms with E-state index in [1.807, 2.05) is 48.5 Å². The minimum Gasteiger partial charge on any atom is -0.352 e. The van der Waals surface area contributed by atoms with Crippen LogP contribution in [-0.4, -0.2) is 24.7 Å². The number of hydrogen-bond donors (Lipinski definition) is 1. The SMILES string of the molecule is O=C1NCCCCN=C(c2ccc(Cl)cc2)c2ccccc21. The Morgan fingerprint density at radius 2 is 1.68 bits per heavy atom. The highest BCUT2D eigenvalue weighted by Gasteiger charge is 2.17. The zero-order valence-corrected chi connectivity index (χ0v) is 12.9. The van der Waals surface area contributed by atoms with Crippen molar-refractivity contribution in [1.82, 2.24) is 5.32 Å². The molecular formula is C18H17ClN2O. The third kappa shape index (κ3) is 3.20. The Kier molecular flexibility index (Phi) is 4.54. The monoisotopic (exact) mass is 312 g/mol. The summed E-state index contributed by atoms with van der Waals surface area (Å²) in [6.07, 6.45) is 1.89. The summed E-state index contributed by atoms with van der Waals surface area (Å²) in [6.45, 7) is 1.45. The molecular weight excluding hydrogens is 296 g/mol. The Morgan fingerprint density at radius 1 is 0.955 bits per heavy atom. The highest BCUT2D eigenvalue weighted by atomic mass is 35.5. The largest absolute Gasteiger partial charge is 0.352 e. The highest BCUT2D eigenvalue weighted by Crippen LogP contribution is 2.19. The molecule has 1 heterocycles. The number of carbonyl (C=O) groups excluding carboxylic acids is 1. The van der Waals surface area contributed by atoms with Crippen molar-refractivity contribution in [2.45, 2.75) is 12.8 Å². The van der Waals surface area contributed by atoms with Gasteiger partial charge in [-0.1, -0.05) is 41.9 Å². The van der Waals surface area contributed by atoms with E-state index < -0.39 is 0 Å². The topological polar surface area (TPSA) is 41.5 Å². The second kappa shape index (κ2) is 6.75. The van der Waals surface area contributed by atoms with Crippen LogP contribution in [0.4, 0.5) is 0 Å². The van der Waals surface area contributed by atoms with Gasteiger partial charge in [0.15, 0.2) is 0 Å². The third-order valence-electron chi connectivity index (χ3n) is 3.68. The van der Waals surface area contributed by atoms with Gasteiger partial charge in [0.1, 0.15) is 0 Å². The maximum Gasteiger partial charge on any atom is 0.251 e. The lowest BCUT2D eigenvalue weighted by Gasteiger charge is -2.15. The van der Waals surface area contributed by atoms with Crippen LogP contribution in [0.25, 0.3) is 0 Å². The average Bonchev–Trinajstić information content (AvgIpc) is 2.55. The van der Waals surface area contributed by atoms with E-state index in [4.69, 9.17) is 16.6 Å². The van der Waals surface area contributed by atoms with Crippen LogP contribution < -0.4 is 5.32 Å². The molecule has 0 atom stereocenters.